The molecular weight excluding hydrogens is 745 g/mol. The van der Waals surface area contributed by atoms with E-state index in [4.69, 9.17) is 20.2 Å². The van der Waals surface area contributed by atoms with E-state index in [1.54, 1.807) is 6.07 Å². The van der Waals surface area contributed by atoms with Crippen LogP contribution in [0.1, 0.15) is 117 Å². The summed E-state index contributed by atoms with van der Waals surface area (Å²) in [5.74, 6) is 10.4. The van der Waals surface area contributed by atoms with Crippen molar-refractivity contribution in [1.29, 1.82) is 0 Å². The monoisotopic (exact) mass is 796 g/mol. The van der Waals surface area contributed by atoms with Crippen LogP contribution in [0.4, 0.5) is 0 Å². The predicted molar refractivity (Wildman–Crippen MR) is 221 cm³/mol. The summed E-state index contributed by atoms with van der Waals surface area (Å²) in [4.78, 5) is 20.3. The predicted octanol–water partition coefficient (Wildman–Crippen LogP) is 5.26. The summed E-state index contributed by atoms with van der Waals surface area (Å²) in [6.07, 6.45) is 13.3. The van der Waals surface area contributed by atoms with Gasteiger partial charge in [-0.05, 0) is 89.8 Å². The second kappa shape index (κ2) is 15.0. The molecule has 1 fully saturated rings. The summed E-state index contributed by atoms with van der Waals surface area (Å²) in [5, 5.41) is 48.3. The van der Waals surface area contributed by atoms with Gasteiger partial charge in [0.25, 0.3) is 0 Å². The molecule has 5 aliphatic heterocycles. The van der Waals surface area contributed by atoms with E-state index in [0.717, 1.165) is 78.6 Å². The zero-order valence-corrected chi connectivity index (χ0v) is 33.4. The number of carbonyl (C=O) groups is 1. The van der Waals surface area contributed by atoms with Gasteiger partial charge in [-0.2, -0.15) is 0 Å². The Kier molecular flexibility index (Phi) is 9.74. The van der Waals surface area contributed by atoms with Crippen molar-refractivity contribution in [3.8, 4) is 41.1 Å². The molecule has 3 aliphatic carbocycles. The smallest absolute Gasteiger partial charge is 0.187 e. The number of nitrogens with two attached hydrogens (primary N) is 1. The summed E-state index contributed by atoms with van der Waals surface area (Å²) < 4.78 is 13.2. The second-order valence-electron chi connectivity index (χ2n) is 18.0. The lowest BCUT2D eigenvalue weighted by Gasteiger charge is -2.41. The number of hydrogen-bond acceptors (Lipinski definition) is 11. The van der Waals surface area contributed by atoms with Crippen LogP contribution in [0.25, 0.3) is 0 Å². The third-order valence-corrected chi connectivity index (χ3v) is 14.3. The van der Waals surface area contributed by atoms with E-state index in [2.05, 4.69) is 46.4 Å². The van der Waals surface area contributed by atoms with Gasteiger partial charge in [-0.15, -0.1) is 0 Å². The molecule has 1 saturated carbocycles. The largest absolute Gasteiger partial charge is 0.508 e. The number of hydrogen-bond donors (Lipinski definition) is 6. The van der Waals surface area contributed by atoms with Crippen LogP contribution in [0.2, 0.25) is 0 Å². The average molecular weight is 797 g/mol. The maximum Gasteiger partial charge on any atom is 0.187 e. The highest BCUT2D eigenvalue weighted by Gasteiger charge is 2.49. The number of benzene rings is 2. The van der Waals surface area contributed by atoms with Crippen LogP contribution in [0, 0.1) is 47.0 Å². The highest BCUT2D eigenvalue weighted by molar-refractivity contribution is 5.89. The highest BCUT2D eigenvalue weighted by Crippen LogP contribution is 2.53. The second-order valence-corrected chi connectivity index (χ2v) is 18.0. The lowest BCUT2D eigenvalue weighted by Crippen LogP contribution is -2.47. The number of fused-ring (bicyclic) bond motifs is 6. The number of aromatic hydroxyl groups is 1. The van der Waals surface area contributed by atoms with Crippen LogP contribution in [-0.2, 0) is 11.2 Å². The number of carbonyl (C=O) groups excluding carboxylic acids is 1. The quantitative estimate of drug-likeness (QED) is 0.168. The van der Waals surface area contributed by atoms with Crippen LogP contribution in [-0.4, -0.2) is 68.8 Å². The first-order valence-corrected chi connectivity index (χ1v) is 21.4. The Morgan fingerprint density at radius 3 is 2.76 bits per heavy atom. The number of ketones is 1. The maximum atomic E-state index is 13.2. The number of aryl methyl sites for hydroxylation is 1. The summed E-state index contributed by atoms with van der Waals surface area (Å²) in [7, 11) is 0. The molecule has 10 rings (SSSR count). The van der Waals surface area contributed by atoms with Crippen LogP contribution in [0.15, 0.2) is 64.5 Å². The number of ether oxygens (including phenoxy) is 2. The molecule has 0 saturated heterocycles. The third kappa shape index (κ3) is 6.68. The SMILES string of the molecule is C[C@H]1C=C[C@@H]([C@@H](O)CC(=O)CCc2cc3c(cc2O)OC#CC2(CCCC2)[C@@H]2C#C[C@H](O)c4ccc5c6c4[C@@H](CC[C@H]6CN[C@@H]5N)C4=C5CN(C=C5N=C4)[C@H]2O3)[C@H](O)C1. The normalized spacial score (nSPS) is 32.2. The number of aliphatic hydroxyl groups excluding tert-OH is 3. The van der Waals surface area contributed by atoms with E-state index in [0.29, 0.717) is 30.2 Å². The molecule has 0 aromatic heterocycles. The van der Waals surface area contributed by atoms with Crippen molar-refractivity contribution < 1.29 is 34.7 Å². The van der Waals surface area contributed by atoms with E-state index < -0.39 is 41.8 Å². The molecule has 2 aromatic rings. The van der Waals surface area contributed by atoms with Gasteiger partial charge in [0.2, 0.25) is 0 Å². The first-order chi connectivity index (χ1) is 28.6. The van der Waals surface area contributed by atoms with Gasteiger partial charge >= 0.3 is 0 Å². The Morgan fingerprint density at radius 2 is 1.93 bits per heavy atom. The molecule has 0 unspecified atom stereocenters. The molecule has 0 radical (unpaired) electrons. The minimum atomic E-state index is -1.06. The Morgan fingerprint density at radius 1 is 1.10 bits per heavy atom. The van der Waals surface area contributed by atoms with Crippen LogP contribution >= 0.6 is 0 Å². The van der Waals surface area contributed by atoms with Crippen LogP contribution in [0.3, 0.4) is 0 Å². The molecular formula is C48H52N4O7. The van der Waals surface area contributed by atoms with Crippen LogP contribution in [0.5, 0.6) is 17.2 Å². The van der Waals surface area contributed by atoms with Gasteiger partial charge in [0.1, 0.15) is 23.7 Å². The van der Waals surface area contributed by atoms with Gasteiger partial charge < -0.3 is 40.5 Å². The number of allylic oxidation sites excluding steroid dienone is 2. The molecule has 11 nitrogen and oxygen atoms in total. The zero-order chi connectivity index (χ0) is 40.6. The fourth-order valence-corrected chi connectivity index (χ4v) is 11.2. The fraction of sp³-hybridized carbons (Fsp3) is 0.500. The number of rotatable bonds is 6. The minimum Gasteiger partial charge on any atom is -0.508 e. The molecule has 10 atom stereocenters. The van der Waals surface area contributed by atoms with Crippen molar-refractivity contribution in [2.24, 2.45) is 33.9 Å². The molecule has 8 aliphatic rings. The zero-order valence-electron chi connectivity index (χ0n) is 33.4. The van der Waals surface area contributed by atoms with E-state index in [9.17, 15) is 25.2 Å². The Labute approximate surface area is 345 Å². The summed E-state index contributed by atoms with van der Waals surface area (Å²) in [6.45, 7) is 3.36. The molecule has 11 heteroatoms. The maximum absolute atomic E-state index is 13.2. The van der Waals surface area contributed by atoms with Crippen molar-refractivity contribution in [2.75, 3.05) is 13.1 Å². The fourth-order valence-electron chi connectivity index (χ4n) is 11.2. The molecule has 1 spiro atoms. The molecule has 2 bridgehead atoms. The van der Waals surface area contributed by atoms with E-state index in [1.165, 1.54) is 11.6 Å². The number of Topliss-reactive ketones (excluding diaryl/α,β-unsaturated/α-hetero) is 1. The van der Waals surface area contributed by atoms with Crippen LogP contribution < -0.4 is 20.5 Å². The van der Waals surface area contributed by atoms with E-state index in [-0.39, 0.29) is 54.5 Å². The van der Waals surface area contributed by atoms with Gasteiger partial charge in [0, 0.05) is 61.8 Å². The lowest BCUT2D eigenvalue weighted by molar-refractivity contribution is -0.122. The van der Waals surface area contributed by atoms with Crippen molar-refractivity contribution in [3.05, 3.63) is 87.3 Å². The topological polar surface area (TPSA) is 170 Å². The standard InChI is InChI=1S/C48H52N4O7/c1-26-4-8-31(40(56)18-26)41(57)20-29(53)7-5-27-19-43-42(21-39(27)55)58-17-16-48(14-2-3-15-48)36-12-13-38(54)32-10-11-33-44-28(22-51-46(33)49)6-9-30(45(32)44)34-23-50-37-25-52(24-35(34)37)47(36)59-43/h4,8,10-11,19,21,23,25-26,28,30-31,36,38,40-41,46-47,51,54-57H,2-3,5-7,9,14-15,18,20,22,24,49H2,1H3/t26-,28-,30-,31+,36+,38-,40+,41-,46-,47-/m0/s1. The van der Waals surface area contributed by atoms with Gasteiger partial charge in [-0.25, -0.2) is 0 Å². The summed E-state index contributed by atoms with van der Waals surface area (Å²) in [5.41, 5.74) is 14.0. The average Bonchev–Trinajstić information content (AvgIpc) is 3.96. The van der Waals surface area contributed by atoms with Crippen molar-refractivity contribution in [1.82, 2.24) is 10.2 Å². The lowest BCUT2D eigenvalue weighted by atomic mass is 9.68. The number of phenols is 1. The molecule has 2 aromatic carbocycles. The number of aliphatic hydroxyl groups is 3. The van der Waals surface area contributed by atoms with Crippen molar-refractivity contribution in [2.45, 2.75) is 114 Å². The number of nitrogens with one attached hydrogen (secondary N) is 1. The third-order valence-electron chi connectivity index (χ3n) is 14.3. The van der Waals surface area contributed by atoms with Crippen molar-refractivity contribution >= 4 is 12.0 Å². The molecule has 5 heterocycles. The summed E-state index contributed by atoms with van der Waals surface area (Å²) in [6, 6.07) is 7.29. The number of phenolic OH excluding ortho intramolecular Hbond substituents is 1. The summed E-state index contributed by atoms with van der Waals surface area (Å²) >= 11 is 0. The highest BCUT2D eigenvalue weighted by atomic mass is 16.5. The van der Waals surface area contributed by atoms with E-state index >= 15 is 0 Å². The molecule has 7 N–H and O–H groups in total. The van der Waals surface area contributed by atoms with Gasteiger partial charge in [-0.3, -0.25) is 15.1 Å². The van der Waals surface area contributed by atoms with Gasteiger partial charge in [0.05, 0.1) is 35.4 Å². The van der Waals surface area contributed by atoms with E-state index in [1.807, 2.05) is 31.4 Å². The van der Waals surface area contributed by atoms with Gasteiger partial charge in [0.15, 0.2) is 17.7 Å². The first-order valence-electron chi connectivity index (χ1n) is 21.4. The van der Waals surface area contributed by atoms with Crippen molar-refractivity contribution in [3.63, 3.8) is 0 Å². The minimum absolute atomic E-state index is 0.0302. The van der Waals surface area contributed by atoms with Gasteiger partial charge in [-0.1, -0.05) is 61.8 Å². The number of nitrogens with zero attached hydrogens (tertiary/aromatic N) is 2. The first kappa shape index (κ1) is 38.3. The number of aliphatic imine (C=N–C) groups is 1. The molecule has 0 amide bonds. The molecule has 306 valence electrons. The Hall–Kier alpha value is -4.88. The Bertz CT molecular complexity index is 2340. The molecule has 59 heavy (non-hydrogen) atoms. The Balaban J connectivity index is 1.02.